The van der Waals surface area contributed by atoms with Crippen LogP contribution in [-0.2, 0) is 27.2 Å². The summed E-state index contributed by atoms with van der Waals surface area (Å²) in [5.74, 6) is -1.19. The molecule has 0 amide bonds. The molecule has 2 heterocycles. The van der Waals surface area contributed by atoms with E-state index in [9.17, 15) is 22.8 Å². The van der Waals surface area contributed by atoms with Crippen LogP contribution < -0.4 is 5.32 Å². The van der Waals surface area contributed by atoms with E-state index in [1.54, 1.807) is 20.8 Å². The number of aromatic nitrogens is 3. The quantitative estimate of drug-likeness (QED) is 0.391. The second-order valence-electron chi connectivity index (χ2n) is 8.63. The molecule has 0 bridgehead atoms. The van der Waals surface area contributed by atoms with Crippen molar-refractivity contribution in [2.75, 3.05) is 19.5 Å². The van der Waals surface area contributed by atoms with Gasteiger partial charge in [-0.3, -0.25) is 14.8 Å². The number of benzene rings is 1. The number of fused-ring (bicyclic) bond motifs is 1. The van der Waals surface area contributed by atoms with E-state index in [1.807, 2.05) is 0 Å². The van der Waals surface area contributed by atoms with E-state index in [0.717, 1.165) is 12.1 Å². The smallest absolute Gasteiger partial charge is 0.416 e. The van der Waals surface area contributed by atoms with Crippen LogP contribution in [0.3, 0.4) is 0 Å². The van der Waals surface area contributed by atoms with Crippen molar-refractivity contribution in [2.24, 2.45) is 5.41 Å². The maximum absolute atomic E-state index is 13.1. The number of hydrogen-bond donors (Lipinski definition) is 2. The van der Waals surface area contributed by atoms with Crippen molar-refractivity contribution in [3.05, 3.63) is 53.0 Å². The third kappa shape index (κ3) is 5.26. The summed E-state index contributed by atoms with van der Waals surface area (Å²) in [6.07, 6.45) is -1.91. The molecule has 186 valence electrons. The molecule has 2 aromatic heterocycles. The number of nitrogens with one attached hydrogen (secondary N) is 2. The molecular weight excluding hydrogens is 467 g/mol. The summed E-state index contributed by atoms with van der Waals surface area (Å²) >= 11 is 0. The van der Waals surface area contributed by atoms with Gasteiger partial charge in [0, 0.05) is 24.5 Å². The molecule has 0 aliphatic heterocycles. The number of hydrogen-bond acceptors (Lipinski definition) is 8. The third-order valence-corrected chi connectivity index (χ3v) is 5.06. The minimum absolute atomic E-state index is 0.0170. The van der Waals surface area contributed by atoms with Gasteiger partial charge in [0.1, 0.15) is 16.8 Å². The predicted octanol–water partition coefficient (Wildman–Crippen LogP) is 4.24. The Kier molecular flexibility index (Phi) is 6.86. The molecule has 0 atom stereocenters. The third-order valence-electron chi connectivity index (χ3n) is 5.06. The average Bonchev–Trinajstić information content (AvgIpc) is 3.17. The van der Waals surface area contributed by atoms with Crippen molar-refractivity contribution in [3.63, 3.8) is 0 Å². The lowest BCUT2D eigenvalue weighted by molar-refractivity contribution is -0.156. The summed E-state index contributed by atoms with van der Waals surface area (Å²) in [5.41, 5.74) is -1.25. The summed E-state index contributed by atoms with van der Waals surface area (Å²) in [4.78, 5) is 33.1. The van der Waals surface area contributed by atoms with Gasteiger partial charge in [0.25, 0.3) is 0 Å². The molecule has 3 aromatic rings. The molecule has 0 saturated heterocycles. The van der Waals surface area contributed by atoms with Gasteiger partial charge in [-0.05, 0) is 32.9 Å². The second kappa shape index (κ2) is 9.35. The van der Waals surface area contributed by atoms with E-state index >= 15 is 0 Å². The van der Waals surface area contributed by atoms with Crippen molar-refractivity contribution < 1.29 is 32.2 Å². The Morgan fingerprint density at radius 3 is 2.43 bits per heavy atom. The Labute approximate surface area is 198 Å². The van der Waals surface area contributed by atoms with Crippen LogP contribution in [0.4, 0.5) is 18.9 Å². The van der Waals surface area contributed by atoms with Crippen molar-refractivity contribution >= 4 is 34.5 Å². The monoisotopic (exact) mass is 491 g/mol. The Morgan fingerprint density at radius 1 is 1.17 bits per heavy atom. The first-order valence-corrected chi connectivity index (χ1v) is 10.4. The van der Waals surface area contributed by atoms with Crippen molar-refractivity contribution in [2.45, 2.75) is 33.7 Å². The molecule has 0 unspecified atom stereocenters. The maximum Gasteiger partial charge on any atom is 0.416 e. The minimum atomic E-state index is -4.54. The van der Waals surface area contributed by atoms with Crippen LogP contribution in [-0.4, -0.2) is 46.3 Å². The fraction of sp³-hybridized carbons (Fsp3) is 0.348. The first kappa shape index (κ1) is 25.7. The number of esters is 2. The predicted molar refractivity (Wildman–Crippen MR) is 121 cm³/mol. The molecule has 0 spiro atoms. The summed E-state index contributed by atoms with van der Waals surface area (Å²) in [7, 11) is 2.63. The van der Waals surface area contributed by atoms with E-state index in [1.165, 1.54) is 37.2 Å². The Hall–Kier alpha value is -3.96. The van der Waals surface area contributed by atoms with Gasteiger partial charge in [-0.15, -0.1) is 0 Å². The van der Waals surface area contributed by atoms with E-state index in [-0.39, 0.29) is 46.1 Å². The van der Waals surface area contributed by atoms with E-state index < -0.39 is 29.1 Å². The molecule has 0 aliphatic rings. The zero-order chi connectivity index (χ0) is 26.1. The molecule has 0 saturated carbocycles. The number of nitrogens with zero attached hydrogens (tertiary/aromatic N) is 3. The van der Waals surface area contributed by atoms with Crippen molar-refractivity contribution in [1.29, 1.82) is 5.41 Å². The zero-order valence-corrected chi connectivity index (χ0v) is 19.7. The summed E-state index contributed by atoms with van der Waals surface area (Å²) in [5, 5.41) is 11.2. The first-order chi connectivity index (χ1) is 16.3. The highest BCUT2D eigenvalue weighted by Gasteiger charge is 2.31. The molecule has 3 rings (SSSR count). The summed E-state index contributed by atoms with van der Waals surface area (Å²) in [6.45, 7) is 4.85. The van der Waals surface area contributed by atoms with Gasteiger partial charge in [0.15, 0.2) is 12.4 Å². The molecule has 1 aromatic carbocycles. The van der Waals surface area contributed by atoms with Gasteiger partial charge < -0.3 is 14.8 Å². The number of rotatable bonds is 6. The van der Waals surface area contributed by atoms with Crippen LogP contribution >= 0.6 is 0 Å². The number of ether oxygens (including phenoxy) is 2. The number of methoxy groups -OCH3 is 1. The van der Waals surface area contributed by atoms with Crippen LogP contribution in [0.25, 0.3) is 11.2 Å². The largest absolute Gasteiger partial charge is 0.465 e. The number of anilines is 1. The van der Waals surface area contributed by atoms with Gasteiger partial charge in [0.05, 0.1) is 30.0 Å². The molecule has 12 heteroatoms. The van der Waals surface area contributed by atoms with Gasteiger partial charge in [-0.1, -0.05) is 6.07 Å². The van der Waals surface area contributed by atoms with Crippen molar-refractivity contribution in [1.82, 2.24) is 14.5 Å². The number of carbonyl (C=O) groups excluding carboxylic acids is 2. The fourth-order valence-corrected chi connectivity index (χ4v) is 3.16. The normalized spacial score (nSPS) is 11.9. The minimum Gasteiger partial charge on any atom is -0.465 e. The number of alkyl halides is 3. The molecule has 0 aliphatic carbocycles. The van der Waals surface area contributed by atoms with Crippen molar-refractivity contribution in [3.8, 4) is 0 Å². The lowest BCUT2D eigenvalue weighted by atomic mass is 9.98. The summed E-state index contributed by atoms with van der Waals surface area (Å²) < 4.78 is 50.8. The lowest BCUT2D eigenvalue weighted by Crippen LogP contribution is -2.24. The van der Waals surface area contributed by atoms with E-state index in [4.69, 9.17) is 14.9 Å². The highest BCUT2D eigenvalue weighted by atomic mass is 19.4. The van der Waals surface area contributed by atoms with Gasteiger partial charge in [-0.25, -0.2) is 14.8 Å². The van der Waals surface area contributed by atoms with Crippen LogP contribution in [0.5, 0.6) is 0 Å². The second-order valence-corrected chi connectivity index (χ2v) is 8.63. The first-order valence-electron chi connectivity index (χ1n) is 10.4. The SMILES string of the molecule is CNc1cc(C(F)(F)F)ccc1C(=N)c1cnc2c(n1)c(C(=O)OC)cn2COC(=O)C(C)(C)C. The lowest BCUT2D eigenvalue weighted by Gasteiger charge is -2.17. The van der Waals surface area contributed by atoms with Crippen LogP contribution in [0.1, 0.15) is 48.0 Å². The highest BCUT2D eigenvalue weighted by Crippen LogP contribution is 2.33. The molecule has 35 heavy (non-hydrogen) atoms. The Morgan fingerprint density at radius 2 is 1.86 bits per heavy atom. The van der Waals surface area contributed by atoms with Crippen LogP contribution in [0.15, 0.2) is 30.6 Å². The zero-order valence-electron chi connectivity index (χ0n) is 19.7. The van der Waals surface area contributed by atoms with Crippen LogP contribution in [0.2, 0.25) is 0 Å². The Balaban J connectivity index is 2.04. The molecule has 0 radical (unpaired) electrons. The Bertz CT molecular complexity index is 1310. The van der Waals surface area contributed by atoms with E-state index in [0.29, 0.717) is 0 Å². The van der Waals surface area contributed by atoms with Gasteiger partial charge in [0.2, 0.25) is 0 Å². The van der Waals surface area contributed by atoms with Gasteiger partial charge >= 0.3 is 18.1 Å². The number of halogens is 3. The topological polar surface area (TPSA) is 119 Å². The highest BCUT2D eigenvalue weighted by molar-refractivity contribution is 6.14. The molecule has 0 fully saturated rings. The fourth-order valence-electron chi connectivity index (χ4n) is 3.16. The standard InChI is InChI=1S/C23H24F3N5O4/c1-22(2,3)21(33)35-11-31-10-14(20(32)34-5)18-19(31)29-9-16(30-18)17(27)13-7-6-12(23(24,25)26)8-15(13)28-4/h6-10,27-28H,11H2,1-5H3. The summed E-state index contributed by atoms with van der Waals surface area (Å²) in [6, 6.07) is 2.94. The van der Waals surface area contributed by atoms with Gasteiger partial charge in [-0.2, -0.15) is 13.2 Å². The van der Waals surface area contributed by atoms with Crippen LogP contribution in [0, 0.1) is 10.8 Å². The molecule has 2 N–H and O–H groups in total. The number of carbonyl (C=O) groups is 2. The molecular formula is C23H24F3N5O4. The average molecular weight is 491 g/mol. The maximum atomic E-state index is 13.1. The van der Waals surface area contributed by atoms with E-state index in [2.05, 4.69) is 15.3 Å². The molecule has 9 nitrogen and oxygen atoms in total.